The van der Waals surface area contributed by atoms with Gasteiger partial charge in [0.25, 0.3) is 0 Å². The fourth-order valence-electron chi connectivity index (χ4n) is 2.30. The van der Waals surface area contributed by atoms with Gasteiger partial charge in [0, 0.05) is 38.4 Å². The molecule has 21 heavy (non-hydrogen) atoms. The smallest absolute Gasteiger partial charge is 0.241 e. The Bertz CT molecular complexity index is 489. The number of hydrogen-bond donors (Lipinski definition) is 2. The number of carbonyl (C=O) groups excluding carboxylic acids is 1. The molecule has 2 N–H and O–H groups in total. The van der Waals surface area contributed by atoms with E-state index >= 15 is 0 Å². The molecule has 0 saturated carbocycles. The molecule has 1 fully saturated rings. The third-order valence-corrected chi connectivity index (χ3v) is 3.39. The van der Waals surface area contributed by atoms with Crippen molar-refractivity contribution in [2.75, 3.05) is 26.2 Å². The first-order valence-corrected chi connectivity index (χ1v) is 7.46. The van der Waals surface area contributed by atoms with Gasteiger partial charge in [0.1, 0.15) is 0 Å². The molecule has 1 aromatic heterocycles. The predicted octanol–water partition coefficient (Wildman–Crippen LogP) is 0.0976. The number of nitrogens with one attached hydrogen (secondary N) is 2. The van der Waals surface area contributed by atoms with Crippen LogP contribution in [0.4, 0.5) is 0 Å². The molecule has 0 spiro atoms. The molecular formula is C14H24N6O. The molecule has 1 aliphatic heterocycles. The average molecular weight is 292 g/mol. The molecule has 1 aliphatic rings. The lowest BCUT2D eigenvalue weighted by molar-refractivity contribution is -0.128. The second kappa shape index (κ2) is 7.66. The van der Waals surface area contributed by atoms with Crippen LogP contribution in [0.1, 0.15) is 25.3 Å². The zero-order valence-electron chi connectivity index (χ0n) is 12.8. The Hall–Kier alpha value is -2.05. The Morgan fingerprint density at radius 2 is 2.14 bits per heavy atom. The van der Waals surface area contributed by atoms with Gasteiger partial charge in [-0.25, -0.2) is 4.99 Å². The van der Waals surface area contributed by atoms with E-state index in [-0.39, 0.29) is 5.91 Å². The summed E-state index contributed by atoms with van der Waals surface area (Å²) >= 11 is 0. The predicted molar refractivity (Wildman–Crippen MR) is 81.8 cm³/mol. The molecule has 0 radical (unpaired) electrons. The number of carbonyl (C=O) groups is 1. The molecule has 1 saturated heterocycles. The second-order valence-electron chi connectivity index (χ2n) is 5.16. The normalized spacial score (nSPS) is 15.3. The molecule has 2 heterocycles. The highest BCUT2D eigenvalue weighted by Gasteiger charge is 2.17. The van der Waals surface area contributed by atoms with Gasteiger partial charge in [-0.2, -0.15) is 5.10 Å². The number of nitrogens with zero attached hydrogens (tertiary/aromatic N) is 4. The lowest BCUT2D eigenvalue weighted by atomic mass is 10.4. The average Bonchev–Trinajstić information content (AvgIpc) is 3.13. The van der Waals surface area contributed by atoms with Crippen LogP contribution in [-0.2, 0) is 18.4 Å². The van der Waals surface area contributed by atoms with E-state index in [0.717, 1.165) is 38.0 Å². The maximum absolute atomic E-state index is 12.0. The highest BCUT2D eigenvalue weighted by molar-refractivity contribution is 5.86. The first kappa shape index (κ1) is 15.3. The number of aromatic nitrogens is 2. The summed E-state index contributed by atoms with van der Waals surface area (Å²) in [5.74, 6) is 0.799. The highest BCUT2D eigenvalue weighted by Crippen LogP contribution is 2.06. The van der Waals surface area contributed by atoms with Crippen LogP contribution in [0, 0.1) is 0 Å². The van der Waals surface area contributed by atoms with Crippen LogP contribution in [-0.4, -0.2) is 52.7 Å². The Morgan fingerprint density at radius 1 is 1.38 bits per heavy atom. The molecular weight excluding hydrogens is 268 g/mol. The monoisotopic (exact) mass is 292 g/mol. The van der Waals surface area contributed by atoms with E-state index in [0.29, 0.717) is 19.0 Å². The maximum Gasteiger partial charge on any atom is 0.241 e. The Kier molecular flexibility index (Phi) is 5.59. The standard InChI is InChI=1S/C14H24N6O/c1-3-15-14(16-8-12-9-18-19(2)11-12)17-10-13(21)20-6-4-5-7-20/h9,11H,3-8,10H2,1-2H3,(H2,15,16,17). The van der Waals surface area contributed by atoms with Crippen molar-refractivity contribution in [2.24, 2.45) is 12.0 Å². The van der Waals surface area contributed by atoms with Crippen molar-refractivity contribution in [2.45, 2.75) is 26.3 Å². The summed E-state index contributed by atoms with van der Waals surface area (Å²) in [5.41, 5.74) is 1.04. The Morgan fingerprint density at radius 3 is 2.76 bits per heavy atom. The summed E-state index contributed by atoms with van der Waals surface area (Å²) in [4.78, 5) is 18.4. The van der Waals surface area contributed by atoms with Gasteiger partial charge in [0.15, 0.2) is 5.96 Å². The third-order valence-electron chi connectivity index (χ3n) is 3.39. The molecule has 0 aliphatic carbocycles. The van der Waals surface area contributed by atoms with Crippen molar-refractivity contribution in [3.8, 4) is 0 Å². The molecule has 7 nitrogen and oxygen atoms in total. The van der Waals surface area contributed by atoms with Crippen LogP contribution in [0.25, 0.3) is 0 Å². The zero-order valence-corrected chi connectivity index (χ0v) is 12.8. The van der Waals surface area contributed by atoms with Gasteiger partial charge in [0.2, 0.25) is 5.91 Å². The van der Waals surface area contributed by atoms with Crippen molar-refractivity contribution < 1.29 is 4.79 Å². The van der Waals surface area contributed by atoms with Crippen molar-refractivity contribution in [3.63, 3.8) is 0 Å². The van der Waals surface area contributed by atoms with Crippen molar-refractivity contribution in [1.82, 2.24) is 25.3 Å². The van der Waals surface area contributed by atoms with E-state index in [9.17, 15) is 4.79 Å². The van der Waals surface area contributed by atoms with E-state index in [1.165, 1.54) is 0 Å². The molecule has 1 amide bonds. The van der Waals surface area contributed by atoms with Gasteiger partial charge in [0.05, 0.1) is 19.3 Å². The van der Waals surface area contributed by atoms with E-state index in [1.54, 1.807) is 10.9 Å². The highest BCUT2D eigenvalue weighted by atomic mass is 16.2. The summed E-state index contributed by atoms with van der Waals surface area (Å²) < 4.78 is 1.75. The Balaban J connectivity index is 1.84. The summed E-state index contributed by atoms with van der Waals surface area (Å²) in [7, 11) is 1.88. The van der Waals surface area contributed by atoms with Gasteiger partial charge in [-0.1, -0.05) is 0 Å². The van der Waals surface area contributed by atoms with Crippen LogP contribution in [0.2, 0.25) is 0 Å². The molecule has 2 rings (SSSR count). The number of rotatable bonds is 5. The fourth-order valence-corrected chi connectivity index (χ4v) is 2.30. The minimum atomic E-state index is 0.138. The van der Waals surface area contributed by atoms with Gasteiger partial charge >= 0.3 is 0 Å². The minimum absolute atomic E-state index is 0.138. The van der Waals surface area contributed by atoms with Crippen LogP contribution >= 0.6 is 0 Å². The lowest BCUT2D eigenvalue weighted by Crippen LogP contribution is -2.44. The largest absolute Gasteiger partial charge is 0.357 e. The topological polar surface area (TPSA) is 74.5 Å². The van der Waals surface area contributed by atoms with Crippen molar-refractivity contribution >= 4 is 11.9 Å². The number of aryl methyl sites for hydroxylation is 1. The van der Waals surface area contributed by atoms with Gasteiger partial charge in [-0.15, -0.1) is 0 Å². The molecule has 116 valence electrons. The van der Waals surface area contributed by atoms with Crippen LogP contribution in [0.15, 0.2) is 17.4 Å². The summed E-state index contributed by atoms with van der Waals surface area (Å²) in [6.45, 7) is 5.36. The van der Waals surface area contributed by atoms with E-state index in [2.05, 4.69) is 20.7 Å². The fraction of sp³-hybridized carbons (Fsp3) is 0.643. The number of likely N-dealkylation sites (tertiary alicyclic amines) is 1. The van der Waals surface area contributed by atoms with Crippen LogP contribution in [0.5, 0.6) is 0 Å². The number of hydrogen-bond acceptors (Lipinski definition) is 3. The van der Waals surface area contributed by atoms with E-state index in [4.69, 9.17) is 0 Å². The summed E-state index contributed by atoms with van der Waals surface area (Å²) in [6.07, 6.45) is 5.95. The van der Waals surface area contributed by atoms with Crippen LogP contribution < -0.4 is 10.6 Å². The number of aliphatic imine (C=N–C) groups is 1. The maximum atomic E-state index is 12.0. The molecule has 0 bridgehead atoms. The van der Waals surface area contributed by atoms with Gasteiger partial charge in [-0.3, -0.25) is 9.48 Å². The van der Waals surface area contributed by atoms with Crippen molar-refractivity contribution in [1.29, 1.82) is 0 Å². The number of amides is 1. The molecule has 0 atom stereocenters. The third kappa shape index (κ3) is 4.77. The Labute approximate surface area is 125 Å². The first-order chi connectivity index (χ1) is 10.2. The van der Waals surface area contributed by atoms with Gasteiger partial charge in [-0.05, 0) is 19.8 Å². The quantitative estimate of drug-likeness (QED) is 0.596. The first-order valence-electron chi connectivity index (χ1n) is 7.46. The van der Waals surface area contributed by atoms with Crippen molar-refractivity contribution in [3.05, 3.63) is 18.0 Å². The van der Waals surface area contributed by atoms with E-state index < -0.39 is 0 Å². The number of guanidine groups is 1. The molecule has 0 aromatic carbocycles. The molecule has 7 heteroatoms. The van der Waals surface area contributed by atoms with Gasteiger partial charge < -0.3 is 15.5 Å². The minimum Gasteiger partial charge on any atom is -0.357 e. The van der Waals surface area contributed by atoms with Crippen LogP contribution in [0.3, 0.4) is 0 Å². The molecule has 1 aromatic rings. The van der Waals surface area contributed by atoms with E-state index in [1.807, 2.05) is 25.1 Å². The zero-order chi connectivity index (χ0) is 15.1. The summed E-state index contributed by atoms with van der Waals surface area (Å²) in [6, 6.07) is 0. The SMILES string of the molecule is CCNC(=NCc1cnn(C)c1)NCC(=O)N1CCCC1. The second-order valence-corrected chi connectivity index (χ2v) is 5.16. The molecule has 0 unspecified atom stereocenters. The lowest BCUT2D eigenvalue weighted by Gasteiger charge is -2.17. The summed E-state index contributed by atoms with van der Waals surface area (Å²) in [5, 5.41) is 10.4.